The summed E-state index contributed by atoms with van der Waals surface area (Å²) in [6.07, 6.45) is 0. The van der Waals surface area contributed by atoms with Gasteiger partial charge < -0.3 is 15.4 Å². The van der Waals surface area contributed by atoms with Crippen LogP contribution in [-0.4, -0.2) is 30.2 Å². The van der Waals surface area contributed by atoms with Gasteiger partial charge in [0.15, 0.2) is 0 Å². The van der Waals surface area contributed by atoms with Crippen LogP contribution >= 0.6 is 15.9 Å². The standard InChI is InChI=1S/C19H19BrN4O/c1-25-11-10-21-19-23-17(14-6-3-2-4-7-14)13-18(24-19)22-16-9-5-8-15(20)12-16/h2-9,12-13H,10-11H2,1H3,(H2,21,22,23,24). The van der Waals surface area contributed by atoms with Crippen molar-refractivity contribution in [2.75, 3.05) is 30.9 Å². The number of methoxy groups -OCH3 is 1. The number of nitrogens with one attached hydrogen (secondary N) is 2. The molecule has 128 valence electrons. The maximum absolute atomic E-state index is 5.08. The molecule has 3 aromatic rings. The molecule has 0 fully saturated rings. The van der Waals surface area contributed by atoms with Gasteiger partial charge in [-0.3, -0.25) is 0 Å². The van der Waals surface area contributed by atoms with Crippen LogP contribution in [0.1, 0.15) is 0 Å². The molecule has 0 aliphatic rings. The Labute approximate surface area is 155 Å². The number of benzene rings is 2. The first-order chi connectivity index (χ1) is 12.2. The maximum atomic E-state index is 5.08. The minimum Gasteiger partial charge on any atom is -0.383 e. The molecule has 1 heterocycles. The fourth-order valence-electron chi connectivity index (χ4n) is 2.33. The molecule has 1 aromatic heterocycles. The third-order valence-electron chi connectivity index (χ3n) is 3.48. The number of ether oxygens (including phenoxy) is 1. The molecule has 0 saturated heterocycles. The third-order valence-corrected chi connectivity index (χ3v) is 3.98. The van der Waals surface area contributed by atoms with E-state index in [1.54, 1.807) is 7.11 Å². The SMILES string of the molecule is COCCNc1nc(Nc2cccc(Br)c2)cc(-c2ccccc2)n1. The fourth-order valence-corrected chi connectivity index (χ4v) is 2.73. The van der Waals surface area contributed by atoms with Gasteiger partial charge in [0, 0.05) is 35.4 Å². The van der Waals surface area contributed by atoms with Crippen molar-refractivity contribution in [1.82, 2.24) is 9.97 Å². The van der Waals surface area contributed by atoms with E-state index in [1.165, 1.54) is 0 Å². The number of hydrogen-bond acceptors (Lipinski definition) is 5. The first kappa shape index (κ1) is 17.4. The lowest BCUT2D eigenvalue weighted by Gasteiger charge is -2.11. The molecule has 0 radical (unpaired) electrons. The Morgan fingerprint density at radius 3 is 2.60 bits per heavy atom. The zero-order valence-corrected chi connectivity index (χ0v) is 15.5. The van der Waals surface area contributed by atoms with Crippen LogP contribution in [-0.2, 0) is 4.74 Å². The van der Waals surface area contributed by atoms with E-state index in [2.05, 4.69) is 36.5 Å². The van der Waals surface area contributed by atoms with Crippen molar-refractivity contribution in [3.63, 3.8) is 0 Å². The molecule has 0 saturated carbocycles. The Morgan fingerprint density at radius 2 is 1.84 bits per heavy atom. The number of aromatic nitrogens is 2. The predicted molar refractivity (Wildman–Crippen MR) is 105 cm³/mol. The molecule has 5 nitrogen and oxygen atoms in total. The summed E-state index contributed by atoms with van der Waals surface area (Å²) in [4.78, 5) is 9.16. The molecule has 3 rings (SSSR count). The normalized spacial score (nSPS) is 10.5. The van der Waals surface area contributed by atoms with Gasteiger partial charge in [0.2, 0.25) is 5.95 Å². The minimum absolute atomic E-state index is 0.566. The molecule has 2 aromatic carbocycles. The van der Waals surface area contributed by atoms with Crippen molar-refractivity contribution in [3.8, 4) is 11.3 Å². The van der Waals surface area contributed by atoms with E-state index in [9.17, 15) is 0 Å². The zero-order valence-electron chi connectivity index (χ0n) is 13.9. The molecular formula is C19H19BrN4O. The highest BCUT2D eigenvalue weighted by Crippen LogP contribution is 2.24. The van der Waals surface area contributed by atoms with Crippen molar-refractivity contribution < 1.29 is 4.74 Å². The van der Waals surface area contributed by atoms with Gasteiger partial charge in [-0.1, -0.05) is 52.3 Å². The van der Waals surface area contributed by atoms with Gasteiger partial charge in [0.25, 0.3) is 0 Å². The largest absolute Gasteiger partial charge is 0.383 e. The molecule has 25 heavy (non-hydrogen) atoms. The Morgan fingerprint density at radius 1 is 1.00 bits per heavy atom. The van der Waals surface area contributed by atoms with Gasteiger partial charge in [0.05, 0.1) is 12.3 Å². The number of nitrogens with zero attached hydrogens (tertiary/aromatic N) is 2. The van der Waals surface area contributed by atoms with Crippen LogP contribution in [0.4, 0.5) is 17.5 Å². The molecular weight excluding hydrogens is 380 g/mol. The number of hydrogen-bond donors (Lipinski definition) is 2. The van der Waals surface area contributed by atoms with Crippen molar-refractivity contribution in [2.45, 2.75) is 0 Å². The lowest BCUT2D eigenvalue weighted by atomic mass is 10.1. The van der Waals surface area contributed by atoms with Crippen LogP contribution in [0.2, 0.25) is 0 Å². The third kappa shape index (κ3) is 5.01. The number of rotatable bonds is 7. The van der Waals surface area contributed by atoms with Crippen molar-refractivity contribution in [3.05, 3.63) is 65.1 Å². The molecule has 0 bridgehead atoms. The Kier molecular flexibility index (Phi) is 5.98. The Balaban J connectivity index is 1.91. The molecule has 0 spiro atoms. The first-order valence-corrected chi connectivity index (χ1v) is 8.74. The lowest BCUT2D eigenvalue weighted by Crippen LogP contribution is -2.11. The molecule has 6 heteroatoms. The van der Waals surface area contributed by atoms with E-state index in [1.807, 2.05) is 60.7 Å². The summed E-state index contributed by atoms with van der Waals surface area (Å²) in [6.45, 7) is 1.23. The van der Waals surface area contributed by atoms with Crippen LogP contribution in [0.25, 0.3) is 11.3 Å². The predicted octanol–water partition coefficient (Wildman–Crippen LogP) is 4.71. The van der Waals surface area contributed by atoms with Crippen LogP contribution in [0.15, 0.2) is 65.1 Å². The average molecular weight is 399 g/mol. The van der Waals surface area contributed by atoms with Gasteiger partial charge >= 0.3 is 0 Å². The van der Waals surface area contributed by atoms with Gasteiger partial charge in [-0.05, 0) is 18.2 Å². The quantitative estimate of drug-likeness (QED) is 0.564. The van der Waals surface area contributed by atoms with Gasteiger partial charge in [-0.15, -0.1) is 0 Å². The molecule has 0 unspecified atom stereocenters. The monoisotopic (exact) mass is 398 g/mol. The summed E-state index contributed by atoms with van der Waals surface area (Å²) in [5.74, 6) is 1.29. The number of anilines is 3. The van der Waals surface area contributed by atoms with Crippen molar-refractivity contribution in [1.29, 1.82) is 0 Å². The lowest BCUT2D eigenvalue weighted by molar-refractivity contribution is 0.210. The smallest absolute Gasteiger partial charge is 0.225 e. The van der Waals surface area contributed by atoms with Crippen LogP contribution in [0.5, 0.6) is 0 Å². The summed E-state index contributed by atoms with van der Waals surface area (Å²) in [7, 11) is 1.67. The summed E-state index contributed by atoms with van der Waals surface area (Å²) in [5, 5.41) is 6.53. The Bertz CT molecular complexity index is 827. The summed E-state index contributed by atoms with van der Waals surface area (Å²) in [5.41, 5.74) is 2.85. The molecule has 0 atom stereocenters. The maximum Gasteiger partial charge on any atom is 0.225 e. The van der Waals surface area contributed by atoms with Crippen molar-refractivity contribution in [2.24, 2.45) is 0 Å². The average Bonchev–Trinajstić information content (AvgIpc) is 2.63. The summed E-state index contributed by atoms with van der Waals surface area (Å²) < 4.78 is 6.09. The van der Waals surface area contributed by atoms with Crippen LogP contribution in [0.3, 0.4) is 0 Å². The highest BCUT2D eigenvalue weighted by molar-refractivity contribution is 9.10. The second-order valence-electron chi connectivity index (χ2n) is 5.38. The summed E-state index contributed by atoms with van der Waals surface area (Å²) >= 11 is 3.48. The van der Waals surface area contributed by atoms with Gasteiger partial charge in [0.1, 0.15) is 5.82 Å². The Hall–Kier alpha value is -2.44. The van der Waals surface area contributed by atoms with Crippen LogP contribution in [0, 0.1) is 0 Å². The highest BCUT2D eigenvalue weighted by Gasteiger charge is 2.07. The topological polar surface area (TPSA) is 59.1 Å². The molecule has 0 aliphatic heterocycles. The zero-order chi connectivity index (χ0) is 17.5. The number of halogens is 1. The van der Waals surface area contributed by atoms with Crippen LogP contribution < -0.4 is 10.6 Å². The minimum atomic E-state index is 0.566. The second kappa shape index (κ2) is 8.60. The summed E-state index contributed by atoms with van der Waals surface area (Å²) in [6, 6.07) is 19.9. The van der Waals surface area contributed by atoms with Gasteiger partial charge in [-0.2, -0.15) is 4.98 Å². The second-order valence-corrected chi connectivity index (χ2v) is 6.30. The van der Waals surface area contributed by atoms with Gasteiger partial charge in [-0.25, -0.2) is 4.98 Å². The van der Waals surface area contributed by atoms with E-state index in [4.69, 9.17) is 4.74 Å². The fraction of sp³-hybridized carbons (Fsp3) is 0.158. The van der Waals surface area contributed by atoms with E-state index >= 15 is 0 Å². The van der Waals surface area contributed by atoms with E-state index in [-0.39, 0.29) is 0 Å². The first-order valence-electron chi connectivity index (χ1n) is 7.94. The van der Waals surface area contributed by atoms with E-state index in [0.717, 1.165) is 27.2 Å². The van der Waals surface area contributed by atoms with E-state index in [0.29, 0.717) is 19.1 Å². The van der Waals surface area contributed by atoms with E-state index < -0.39 is 0 Å². The molecule has 0 aliphatic carbocycles. The molecule has 0 amide bonds. The molecule has 2 N–H and O–H groups in total. The highest BCUT2D eigenvalue weighted by atomic mass is 79.9. The van der Waals surface area contributed by atoms with Crippen molar-refractivity contribution >= 4 is 33.4 Å².